The number of carbonyl (C=O) groups is 2. The number of ether oxygens (including phenoxy) is 2. The first kappa shape index (κ1) is 25.7. The van der Waals surface area contributed by atoms with E-state index in [1.54, 1.807) is 18.4 Å². The number of aromatic nitrogens is 2. The number of benzene rings is 1. The average Bonchev–Trinajstić information content (AvgIpc) is 3.48. The third-order valence-electron chi connectivity index (χ3n) is 7.73. The summed E-state index contributed by atoms with van der Waals surface area (Å²) in [6.45, 7) is 8.01. The lowest BCUT2D eigenvalue weighted by molar-refractivity contribution is 0.0752. The van der Waals surface area contributed by atoms with Crippen LogP contribution >= 0.6 is 11.3 Å². The number of methoxy groups -OCH3 is 1. The molecule has 0 spiro atoms. The molecule has 0 N–H and O–H groups in total. The van der Waals surface area contributed by atoms with E-state index >= 15 is 0 Å². The van der Waals surface area contributed by atoms with Gasteiger partial charge in [0.2, 0.25) is 0 Å². The van der Waals surface area contributed by atoms with E-state index in [2.05, 4.69) is 9.95 Å². The lowest BCUT2D eigenvalue weighted by Crippen LogP contribution is -2.50. The summed E-state index contributed by atoms with van der Waals surface area (Å²) in [6.07, 6.45) is 3.31. The molecule has 0 aliphatic carbocycles. The molecule has 39 heavy (non-hydrogen) atoms. The number of hydrogen-bond donors (Lipinski definition) is 0. The highest BCUT2D eigenvalue weighted by Gasteiger charge is 2.33. The number of rotatable bonds is 5. The molecule has 2 fully saturated rings. The maximum atomic E-state index is 14.0. The van der Waals surface area contributed by atoms with E-state index in [4.69, 9.17) is 14.5 Å². The van der Waals surface area contributed by atoms with Gasteiger partial charge >= 0.3 is 6.03 Å². The van der Waals surface area contributed by atoms with Crippen molar-refractivity contribution in [1.82, 2.24) is 24.3 Å². The molecular formula is C29H35N5O4S. The van der Waals surface area contributed by atoms with E-state index in [-0.39, 0.29) is 18.0 Å². The molecule has 3 aromatic rings. The Morgan fingerprint density at radius 1 is 0.949 bits per heavy atom. The number of thiophene rings is 1. The van der Waals surface area contributed by atoms with Crippen LogP contribution in [0.25, 0.3) is 17.1 Å². The molecule has 0 saturated carbocycles. The summed E-state index contributed by atoms with van der Waals surface area (Å²) < 4.78 is 13.9. The minimum Gasteiger partial charge on any atom is -0.493 e. The van der Waals surface area contributed by atoms with Crippen LogP contribution in [0.4, 0.5) is 4.79 Å². The van der Waals surface area contributed by atoms with Crippen LogP contribution in [0.3, 0.4) is 0 Å². The van der Waals surface area contributed by atoms with Crippen molar-refractivity contribution in [3.8, 4) is 28.6 Å². The number of nitrogens with zero attached hydrogens (tertiary/aromatic N) is 5. The fourth-order valence-corrected chi connectivity index (χ4v) is 6.26. The Bertz CT molecular complexity index is 1380. The van der Waals surface area contributed by atoms with E-state index in [9.17, 15) is 9.59 Å². The first-order chi connectivity index (χ1) is 18.9. The van der Waals surface area contributed by atoms with E-state index in [1.807, 2.05) is 52.1 Å². The fourth-order valence-electron chi connectivity index (χ4n) is 5.63. The first-order valence-corrected chi connectivity index (χ1v) is 14.7. The predicted octanol–water partition coefficient (Wildman–Crippen LogP) is 4.47. The van der Waals surface area contributed by atoms with Gasteiger partial charge in [-0.2, -0.15) is 11.3 Å². The highest BCUT2D eigenvalue weighted by molar-refractivity contribution is 7.08. The maximum absolute atomic E-state index is 14.0. The lowest BCUT2D eigenvalue weighted by Gasteiger charge is -2.35. The van der Waals surface area contributed by atoms with Crippen LogP contribution < -0.4 is 9.47 Å². The monoisotopic (exact) mass is 549 g/mol. The van der Waals surface area contributed by atoms with Gasteiger partial charge in [-0.1, -0.05) is 0 Å². The number of imidazole rings is 1. The van der Waals surface area contributed by atoms with Crippen LogP contribution in [0.15, 0.2) is 29.0 Å². The zero-order valence-corrected chi connectivity index (χ0v) is 23.6. The maximum Gasteiger partial charge on any atom is 0.320 e. The van der Waals surface area contributed by atoms with Gasteiger partial charge in [0.05, 0.1) is 24.6 Å². The number of carbonyl (C=O) groups excluding carboxylic acids is 2. The van der Waals surface area contributed by atoms with Crippen LogP contribution in [-0.2, 0) is 12.8 Å². The van der Waals surface area contributed by atoms with Crippen molar-refractivity contribution in [2.75, 3.05) is 46.4 Å². The molecule has 6 rings (SSSR count). The Labute approximate surface area is 232 Å². The Morgan fingerprint density at radius 3 is 2.36 bits per heavy atom. The number of urea groups is 1. The Balaban J connectivity index is 1.36. The van der Waals surface area contributed by atoms with Gasteiger partial charge in [-0.05, 0) is 62.6 Å². The van der Waals surface area contributed by atoms with Crippen molar-refractivity contribution in [2.24, 2.45) is 0 Å². The molecule has 3 aliphatic rings. The summed E-state index contributed by atoms with van der Waals surface area (Å²) in [6, 6.07) is 6.21. The van der Waals surface area contributed by atoms with E-state index < -0.39 is 0 Å². The molecule has 10 heteroatoms. The van der Waals surface area contributed by atoms with Gasteiger partial charge in [0, 0.05) is 56.3 Å². The highest BCUT2D eigenvalue weighted by Crippen LogP contribution is 2.40. The molecule has 3 amide bonds. The van der Waals surface area contributed by atoms with Crippen LogP contribution in [0, 0.1) is 0 Å². The molecule has 206 valence electrons. The Morgan fingerprint density at radius 2 is 1.67 bits per heavy atom. The standard InChI is InChI=1S/C29H35N5O4S/c1-19(2)38-25-17-23-20(16-24(25)37-3)6-7-22-26(30-27(34(22)23)21-8-15-39-18-21)28(35)31-9-4-12-33(14-13-31)29(36)32-10-5-11-32/h8,15-19H,4-7,9-14H2,1-3H3. The fraction of sp³-hybridized carbons (Fsp3) is 0.483. The highest BCUT2D eigenvalue weighted by atomic mass is 32.1. The summed E-state index contributed by atoms with van der Waals surface area (Å²) >= 11 is 1.61. The normalized spacial score (nSPS) is 16.9. The summed E-state index contributed by atoms with van der Waals surface area (Å²) in [5.74, 6) is 2.09. The minimum atomic E-state index is -0.0610. The second-order valence-electron chi connectivity index (χ2n) is 10.6. The van der Waals surface area contributed by atoms with Crippen LogP contribution in [0.5, 0.6) is 11.5 Å². The molecular weight excluding hydrogens is 514 g/mol. The number of fused-ring (bicyclic) bond motifs is 3. The van der Waals surface area contributed by atoms with Gasteiger partial charge in [0.1, 0.15) is 5.82 Å². The zero-order valence-electron chi connectivity index (χ0n) is 22.8. The van der Waals surface area contributed by atoms with Gasteiger partial charge in [0.15, 0.2) is 17.2 Å². The van der Waals surface area contributed by atoms with Crippen molar-refractivity contribution >= 4 is 23.3 Å². The molecule has 0 unspecified atom stereocenters. The molecule has 3 aliphatic heterocycles. The number of amides is 3. The summed E-state index contributed by atoms with van der Waals surface area (Å²) in [5, 5.41) is 4.10. The minimum absolute atomic E-state index is 0.00754. The van der Waals surface area contributed by atoms with Gasteiger partial charge in [-0.15, -0.1) is 0 Å². The van der Waals surface area contributed by atoms with Crippen molar-refractivity contribution in [3.05, 3.63) is 45.9 Å². The van der Waals surface area contributed by atoms with Gasteiger partial charge in [-0.25, -0.2) is 9.78 Å². The molecule has 2 aromatic heterocycles. The van der Waals surface area contributed by atoms with Crippen molar-refractivity contribution < 1.29 is 19.1 Å². The second-order valence-corrected chi connectivity index (χ2v) is 11.4. The van der Waals surface area contributed by atoms with Crippen LogP contribution in [0.1, 0.15) is 48.4 Å². The summed E-state index contributed by atoms with van der Waals surface area (Å²) in [4.78, 5) is 37.4. The van der Waals surface area contributed by atoms with Gasteiger partial charge in [0.25, 0.3) is 5.91 Å². The molecule has 0 radical (unpaired) electrons. The quantitative estimate of drug-likeness (QED) is 0.469. The molecule has 0 atom stereocenters. The third kappa shape index (κ3) is 4.75. The molecule has 2 saturated heterocycles. The predicted molar refractivity (Wildman–Crippen MR) is 150 cm³/mol. The Hall–Kier alpha value is -3.53. The molecule has 1 aromatic carbocycles. The summed E-state index contributed by atoms with van der Waals surface area (Å²) in [7, 11) is 1.66. The average molecular weight is 550 g/mol. The number of hydrogen-bond acceptors (Lipinski definition) is 6. The van der Waals surface area contributed by atoms with Gasteiger partial charge < -0.3 is 24.2 Å². The number of aryl methyl sites for hydroxylation is 1. The number of likely N-dealkylation sites (tertiary alicyclic amines) is 1. The smallest absolute Gasteiger partial charge is 0.320 e. The van der Waals surface area contributed by atoms with Crippen LogP contribution in [-0.4, -0.2) is 88.7 Å². The summed E-state index contributed by atoms with van der Waals surface area (Å²) in [5.41, 5.74) is 4.53. The van der Waals surface area contributed by atoms with Crippen molar-refractivity contribution in [3.63, 3.8) is 0 Å². The molecule has 5 heterocycles. The third-order valence-corrected chi connectivity index (χ3v) is 8.42. The first-order valence-electron chi connectivity index (χ1n) is 13.8. The Kier molecular flexibility index (Phi) is 6.97. The SMILES string of the molecule is COc1cc2c(cc1OC(C)C)-n1c(-c3ccsc3)nc(C(=O)N3CCCN(C(=O)N4CCC4)CC3)c1CC2. The van der Waals surface area contributed by atoms with E-state index in [1.165, 1.54) is 0 Å². The largest absolute Gasteiger partial charge is 0.493 e. The van der Waals surface area contributed by atoms with E-state index in [0.29, 0.717) is 49.8 Å². The molecule has 9 nitrogen and oxygen atoms in total. The zero-order chi connectivity index (χ0) is 27.1. The second kappa shape index (κ2) is 10.6. The van der Waals surface area contributed by atoms with Crippen LogP contribution in [0.2, 0.25) is 0 Å². The molecule has 0 bridgehead atoms. The van der Waals surface area contributed by atoms with E-state index in [0.717, 1.165) is 60.7 Å². The van der Waals surface area contributed by atoms with Crippen molar-refractivity contribution in [2.45, 2.75) is 45.6 Å². The topological polar surface area (TPSA) is 80.1 Å². The van der Waals surface area contributed by atoms with Crippen molar-refractivity contribution in [1.29, 1.82) is 0 Å². The van der Waals surface area contributed by atoms with Gasteiger partial charge in [-0.3, -0.25) is 9.36 Å². The lowest BCUT2D eigenvalue weighted by atomic mass is 9.99.